The smallest absolute Gasteiger partial charge is 0.252 e. The van der Waals surface area contributed by atoms with E-state index in [0.29, 0.717) is 17.3 Å². The van der Waals surface area contributed by atoms with E-state index in [4.69, 9.17) is 5.73 Å². The molecule has 2 rings (SSSR count). The molecule has 2 unspecified atom stereocenters. The van der Waals surface area contributed by atoms with Gasteiger partial charge < -0.3 is 5.73 Å². The molecule has 0 aliphatic carbocycles. The van der Waals surface area contributed by atoms with Crippen LogP contribution in [-0.2, 0) is 10.0 Å². The summed E-state index contributed by atoms with van der Waals surface area (Å²) in [6.07, 6.45) is 0.850. The predicted octanol–water partition coefficient (Wildman–Crippen LogP) is 2.18. The third-order valence-corrected chi connectivity index (χ3v) is 7.81. The number of rotatable bonds is 3. The molecule has 1 aliphatic heterocycles. The fourth-order valence-corrected chi connectivity index (χ4v) is 5.98. The molecule has 1 aromatic heterocycles. The quantitative estimate of drug-likeness (QED) is 0.906. The van der Waals surface area contributed by atoms with Crippen LogP contribution in [0.2, 0.25) is 0 Å². The molecule has 0 aromatic carbocycles. The van der Waals surface area contributed by atoms with Crippen LogP contribution in [0.5, 0.6) is 0 Å². The highest BCUT2D eigenvalue weighted by Gasteiger charge is 2.34. The molecular formula is C11H17BrN2O2S2. The number of nitrogens with zero attached hydrogens (tertiary/aromatic N) is 1. The number of nitrogens with two attached hydrogens (primary N) is 1. The predicted molar refractivity (Wildman–Crippen MR) is 77.3 cm³/mol. The van der Waals surface area contributed by atoms with Crippen molar-refractivity contribution in [3.8, 4) is 0 Å². The van der Waals surface area contributed by atoms with Gasteiger partial charge in [-0.15, -0.1) is 11.3 Å². The second-order valence-corrected chi connectivity index (χ2v) is 9.33. The summed E-state index contributed by atoms with van der Waals surface area (Å²) >= 11 is 4.64. The lowest BCUT2D eigenvalue weighted by Gasteiger charge is -2.17. The van der Waals surface area contributed by atoms with Gasteiger partial charge >= 0.3 is 0 Å². The van der Waals surface area contributed by atoms with Crippen molar-refractivity contribution in [2.24, 2.45) is 11.7 Å². The van der Waals surface area contributed by atoms with Gasteiger partial charge in [-0.1, -0.05) is 0 Å². The van der Waals surface area contributed by atoms with E-state index in [1.807, 2.05) is 13.8 Å². The number of hydrogen-bond acceptors (Lipinski definition) is 4. The number of halogens is 1. The van der Waals surface area contributed by atoms with Gasteiger partial charge in [0, 0.05) is 19.1 Å². The van der Waals surface area contributed by atoms with Crippen molar-refractivity contribution in [3.05, 3.63) is 15.4 Å². The number of thiophene rings is 1. The van der Waals surface area contributed by atoms with Crippen LogP contribution < -0.4 is 5.73 Å². The first-order valence-electron chi connectivity index (χ1n) is 5.84. The molecule has 2 N–H and O–H groups in total. The van der Waals surface area contributed by atoms with Gasteiger partial charge in [0.15, 0.2) is 0 Å². The Labute approximate surface area is 120 Å². The molecule has 102 valence electrons. The summed E-state index contributed by atoms with van der Waals surface area (Å²) < 4.78 is 27.7. The largest absolute Gasteiger partial charge is 0.328 e. The highest BCUT2D eigenvalue weighted by Crippen LogP contribution is 2.34. The lowest BCUT2D eigenvalue weighted by Crippen LogP contribution is -2.32. The van der Waals surface area contributed by atoms with Crippen molar-refractivity contribution in [2.45, 2.75) is 30.5 Å². The number of aryl methyl sites for hydroxylation is 1. The summed E-state index contributed by atoms with van der Waals surface area (Å²) in [7, 11) is -3.34. The Hall–Kier alpha value is 0.0500. The minimum atomic E-state index is -3.34. The normalized spacial score (nSPS) is 23.4. The molecule has 4 nitrogen and oxygen atoms in total. The van der Waals surface area contributed by atoms with Crippen molar-refractivity contribution in [2.75, 3.05) is 13.1 Å². The summed E-state index contributed by atoms with van der Waals surface area (Å²) in [5.74, 6) is 0.268. The second-order valence-electron chi connectivity index (χ2n) is 4.79. The van der Waals surface area contributed by atoms with Crippen LogP contribution in [0, 0.1) is 12.8 Å². The van der Waals surface area contributed by atoms with E-state index < -0.39 is 10.0 Å². The van der Waals surface area contributed by atoms with Crippen molar-refractivity contribution in [3.63, 3.8) is 0 Å². The maximum absolute atomic E-state index is 12.4. The van der Waals surface area contributed by atoms with Crippen LogP contribution in [0.4, 0.5) is 0 Å². The van der Waals surface area contributed by atoms with E-state index >= 15 is 0 Å². The standard InChI is InChI=1S/C11H17BrN2O2S2/c1-7-5-10(17-11(7)12)18(15,16)14-4-3-9(6-14)8(2)13/h5,8-9H,3-4,6,13H2,1-2H3. The molecule has 1 saturated heterocycles. The third-order valence-electron chi connectivity index (χ3n) is 3.36. The monoisotopic (exact) mass is 352 g/mol. The van der Waals surface area contributed by atoms with Crippen LogP contribution in [0.1, 0.15) is 18.9 Å². The van der Waals surface area contributed by atoms with E-state index in [2.05, 4.69) is 15.9 Å². The molecule has 2 heterocycles. The first kappa shape index (κ1) is 14.5. The first-order valence-corrected chi connectivity index (χ1v) is 8.89. The van der Waals surface area contributed by atoms with Crippen molar-refractivity contribution in [1.29, 1.82) is 0 Å². The van der Waals surface area contributed by atoms with Gasteiger partial charge in [-0.2, -0.15) is 4.31 Å². The zero-order chi connectivity index (χ0) is 13.5. The molecule has 0 saturated carbocycles. The molecule has 7 heteroatoms. The zero-order valence-electron chi connectivity index (χ0n) is 10.4. The molecule has 1 aliphatic rings. The van der Waals surface area contributed by atoms with E-state index in [9.17, 15) is 8.42 Å². The summed E-state index contributed by atoms with van der Waals surface area (Å²) in [6, 6.07) is 1.77. The van der Waals surface area contributed by atoms with E-state index in [0.717, 1.165) is 15.8 Å². The molecule has 0 bridgehead atoms. The average Bonchev–Trinajstić information content (AvgIpc) is 2.87. The zero-order valence-corrected chi connectivity index (χ0v) is 13.6. The molecular weight excluding hydrogens is 336 g/mol. The number of hydrogen-bond donors (Lipinski definition) is 1. The fourth-order valence-electron chi connectivity index (χ4n) is 2.09. The van der Waals surface area contributed by atoms with Gasteiger partial charge in [0.05, 0.1) is 3.79 Å². The van der Waals surface area contributed by atoms with E-state index in [1.54, 1.807) is 10.4 Å². The van der Waals surface area contributed by atoms with Gasteiger partial charge in [0.2, 0.25) is 0 Å². The Kier molecular flexibility index (Phi) is 4.18. The average molecular weight is 353 g/mol. The number of sulfonamides is 1. The SMILES string of the molecule is Cc1cc(S(=O)(=O)N2CCC(C(C)N)C2)sc1Br. The molecule has 0 amide bonds. The van der Waals surface area contributed by atoms with Gasteiger partial charge in [0.1, 0.15) is 4.21 Å². The Balaban J connectivity index is 2.23. The minimum Gasteiger partial charge on any atom is -0.328 e. The van der Waals surface area contributed by atoms with Crippen LogP contribution in [0.15, 0.2) is 14.1 Å². The topological polar surface area (TPSA) is 63.4 Å². The molecule has 0 spiro atoms. The Morgan fingerprint density at radius 2 is 2.28 bits per heavy atom. The van der Waals surface area contributed by atoms with Crippen LogP contribution in [-0.4, -0.2) is 31.9 Å². The van der Waals surface area contributed by atoms with Gasteiger partial charge in [0.25, 0.3) is 10.0 Å². The highest BCUT2D eigenvalue weighted by molar-refractivity contribution is 9.11. The van der Waals surface area contributed by atoms with Gasteiger partial charge in [-0.25, -0.2) is 8.42 Å². The third kappa shape index (κ3) is 2.65. The molecule has 1 fully saturated rings. The first-order chi connectivity index (χ1) is 8.32. The lowest BCUT2D eigenvalue weighted by atomic mass is 10.0. The summed E-state index contributed by atoms with van der Waals surface area (Å²) in [4.78, 5) is 0. The highest BCUT2D eigenvalue weighted by atomic mass is 79.9. The summed E-state index contributed by atoms with van der Waals surface area (Å²) in [6.45, 7) is 4.94. The Morgan fingerprint density at radius 3 is 2.72 bits per heavy atom. The van der Waals surface area contributed by atoms with Crippen LogP contribution >= 0.6 is 27.3 Å². The minimum absolute atomic E-state index is 0.0435. The van der Waals surface area contributed by atoms with Crippen molar-refractivity contribution >= 4 is 37.3 Å². The summed E-state index contributed by atoms with van der Waals surface area (Å²) in [5, 5.41) is 0. The van der Waals surface area contributed by atoms with Gasteiger partial charge in [-0.05, 0) is 53.7 Å². The lowest BCUT2D eigenvalue weighted by molar-refractivity contribution is 0.430. The maximum Gasteiger partial charge on any atom is 0.252 e. The van der Waals surface area contributed by atoms with Crippen LogP contribution in [0.25, 0.3) is 0 Å². The molecule has 1 aromatic rings. The summed E-state index contributed by atoms with van der Waals surface area (Å²) in [5.41, 5.74) is 6.80. The molecule has 2 atom stereocenters. The molecule has 0 radical (unpaired) electrons. The van der Waals surface area contributed by atoms with Gasteiger partial charge in [-0.3, -0.25) is 0 Å². The van der Waals surface area contributed by atoms with Crippen molar-refractivity contribution < 1.29 is 8.42 Å². The molecule has 18 heavy (non-hydrogen) atoms. The van der Waals surface area contributed by atoms with E-state index in [-0.39, 0.29) is 12.0 Å². The maximum atomic E-state index is 12.4. The second kappa shape index (κ2) is 5.20. The Bertz CT molecular complexity index is 520. The van der Waals surface area contributed by atoms with Crippen molar-refractivity contribution in [1.82, 2.24) is 4.31 Å². The van der Waals surface area contributed by atoms with Crippen LogP contribution in [0.3, 0.4) is 0 Å². The van der Waals surface area contributed by atoms with E-state index in [1.165, 1.54) is 11.3 Å². The fraction of sp³-hybridized carbons (Fsp3) is 0.636. The Morgan fingerprint density at radius 1 is 1.61 bits per heavy atom.